The maximum absolute atomic E-state index is 4.59. The molecule has 3 heterocycles. The zero-order valence-corrected chi connectivity index (χ0v) is 11.0. The zero-order valence-electron chi connectivity index (χ0n) is 9.35. The molecule has 1 aliphatic heterocycles. The van der Waals surface area contributed by atoms with E-state index in [0.29, 0.717) is 5.92 Å². The van der Waals surface area contributed by atoms with Gasteiger partial charge in [-0.05, 0) is 37.4 Å². The van der Waals surface area contributed by atoms with E-state index in [1.54, 1.807) is 11.3 Å². The Bertz CT molecular complexity index is 448. The van der Waals surface area contributed by atoms with Crippen molar-refractivity contribution in [3.8, 4) is 10.7 Å². The number of aromatic nitrogens is 3. The van der Waals surface area contributed by atoms with Crippen LogP contribution in [0.3, 0.4) is 0 Å². The summed E-state index contributed by atoms with van der Waals surface area (Å²) in [7, 11) is 0. The van der Waals surface area contributed by atoms with Gasteiger partial charge in [-0.1, -0.05) is 6.07 Å². The van der Waals surface area contributed by atoms with Gasteiger partial charge in [0.25, 0.3) is 0 Å². The quantitative estimate of drug-likeness (QED) is 0.881. The lowest BCUT2D eigenvalue weighted by atomic mass is 9.98. The third kappa shape index (κ3) is 2.68. The summed E-state index contributed by atoms with van der Waals surface area (Å²) in [5.74, 6) is 2.43. The summed E-state index contributed by atoms with van der Waals surface area (Å²) in [6, 6.07) is 4.08. The zero-order chi connectivity index (χ0) is 10.8. The van der Waals surface area contributed by atoms with Gasteiger partial charge < -0.3 is 5.32 Å². The van der Waals surface area contributed by atoms with Gasteiger partial charge >= 0.3 is 0 Å². The van der Waals surface area contributed by atoms with Crippen molar-refractivity contribution < 1.29 is 0 Å². The number of thiophene rings is 1. The molecule has 0 bridgehead atoms. The van der Waals surface area contributed by atoms with E-state index in [2.05, 4.69) is 31.9 Å². The van der Waals surface area contributed by atoms with Crippen LogP contribution in [-0.2, 0) is 0 Å². The summed E-state index contributed by atoms with van der Waals surface area (Å²) in [6.07, 6.45) is 2.30. The molecule has 1 fully saturated rings. The fraction of sp³-hybridized carbons (Fsp3) is 0.455. The number of nitrogens with zero attached hydrogens (tertiary/aromatic N) is 2. The number of halogens is 1. The molecule has 4 nitrogen and oxygen atoms in total. The van der Waals surface area contributed by atoms with Gasteiger partial charge in [0, 0.05) is 5.92 Å². The van der Waals surface area contributed by atoms with Crippen LogP contribution in [0.25, 0.3) is 10.7 Å². The van der Waals surface area contributed by atoms with Gasteiger partial charge in [-0.25, -0.2) is 4.98 Å². The minimum atomic E-state index is 0. The van der Waals surface area contributed by atoms with Gasteiger partial charge in [0.05, 0.1) is 4.88 Å². The van der Waals surface area contributed by atoms with Crippen LogP contribution < -0.4 is 5.32 Å². The molecule has 2 aromatic rings. The second-order valence-electron chi connectivity index (χ2n) is 4.05. The Balaban J connectivity index is 0.00000108. The Labute approximate surface area is 110 Å². The largest absolute Gasteiger partial charge is 0.317 e. The van der Waals surface area contributed by atoms with Crippen molar-refractivity contribution in [3.63, 3.8) is 0 Å². The summed E-state index contributed by atoms with van der Waals surface area (Å²) < 4.78 is 0. The molecule has 6 heteroatoms. The van der Waals surface area contributed by atoms with E-state index in [1.165, 1.54) is 0 Å². The third-order valence-corrected chi connectivity index (χ3v) is 3.84. The summed E-state index contributed by atoms with van der Waals surface area (Å²) >= 11 is 1.68. The molecule has 0 unspecified atom stereocenters. The van der Waals surface area contributed by atoms with Crippen molar-refractivity contribution in [2.45, 2.75) is 18.8 Å². The van der Waals surface area contributed by atoms with E-state index < -0.39 is 0 Å². The lowest BCUT2D eigenvalue weighted by Gasteiger charge is -2.19. The highest BCUT2D eigenvalue weighted by Crippen LogP contribution is 2.25. The molecule has 17 heavy (non-hydrogen) atoms. The number of nitrogens with one attached hydrogen (secondary N) is 2. The minimum Gasteiger partial charge on any atom is -0.317 e. The Hall–Kier alpha value is -0.910. The van der Waals surface area contributed by atoms with Crippen LogP contribution in [0.1, 0.15) is 24.6 Å². The molecular weight excluding hydrogens is 256 g/mol. The monoisotopic (exact) mass is 270 g/mol. The van der Waals surface area contributed by atoms with Crippen LogP contribution in [0.15, 0.2) is 17.5 Å². The molecular formula is C11H15ClN4S. The molecule has 0 radical (unpaired) electrons. The van der Waals surface area contributed by atoms with Crippen molar-refractivity contribution in [3.05, 3.63) is 23.3 Å². The second kappa shape index (κ2) is 5.62. The van der Waals surface area contributed by atoms with Crippen molar-refractivity contribution in [1.82, 2.24) is 20.5 Å². The lowest BCUT2D eigenvalue weighted by Crippen LogP contribution is -2.27. The normalized spacial score (nSPS) is 16.7. The summed E-state index contributed by atoms with van der Waals surface area (Å²) in [6.45, 7) is 2.17. The number of rotatable bonds is 2. The maximum Gasteiger partial charge on any atom is 0.191 e. The smallest absolute Gasteiger partial charge is 0.191 e. The molecule has 0 atom stereocenters. The number of H-pyrrole nitrogens is 1. The Morgan fingerprint density at radius 2 is 2.12 bits per heavy atom. The number of piperidine rings is 1. The minimum absolute atomic E-state index is 0. The van der Waals surface area contributed by atoms with Gasteiger partial charge in [-0.2, -0.15) is 5.10 Å². The molecule has 2 aromatic heterocycles. The second-order valence-corrected chi connectivity index (χ2v) is 4.99. The van der Waals surface area contributed by atoms with Gasteiger partial charge in [0.1, 0.15) is 5.82 Å². The average Bonchev–Trinajstić information content (AvgIpc) is 3.01. The molecule has 1 saturated heterocycles. The molecule has 1 aliphatic rings. The summed E-state index contributed by atoms with van der Waals surface area (Å²) in [5, 5.41) is 12.8. The summed E-state index contributed by atoms with van der Waals surface area (Å²) in [5.41, 5.74) is 0. The van der Waals surface area contributed by atoms with Crippen molar-refractivity contribution >= 4 is 23.7 Å². The van der Waals surface area contributed by atoms with Gasteiger partial charge in [0.2, 0.25) is 0 Å². The molecule has 0 amide bonds. The first-order chi connectivity index (χ1) is 7.93. The van der Waals surface area contributed by atoms with E-state index >= 15 is 0 Å². The van der Waals surface area contributed by atoms with E-state index in [4.69, 9.17) is 0 Å². The van der Waals surface area contributed by atoms with E-state index in [9.17, 15) is 0 Å². The van der Waals surface area contributed by atoms with E-state index in [0.717, 1.165) is 42.5 Å². The Kier molecular flexibility index (Phi) is 4.15. The van der Waals surface area contributed by atoms with Crippen LogP contribution in [0.5, 0.6) is 0 Å². The van der Waals surface area contributed by atoms with Gasteiger partial charge in [-0.3, -0.25) is 5.10 Å². The van der Waals surface area contributed by atoms with Crippen LogP contribution in [0.2, 0.25) is 0 Å². The topological polar surface area (TPSA) is 53.6 Å². The molecule has 3 rings (SSSR count). The first kappa shape index (κ1) is 12.5. The van der Waals surface area contributed by atoms with Gasteiger partial charge in [0.15, 0.2) is 5.82 Å². The highest BCUT2D eigenvalue weighted by Gasteiger charge is 2.19. The number of hydrogen-bond donors (Lipinski definition) is 2. The standard InChI is InChI=1S/C11H14N4S.ClH/c1-2-9(16-7-1)11-13-10(14-15-11)8-3-5-12-6-4-8;/h1-2,7-8,12H,3-6H2,(H,13,14,15);1H. The predicted molar refractivity (Wildman–Crippen MR) is 71.8 cm³/mol. The van der Waals surface area contributed by atoms with Crippen LogP contribution in [0.4, 0.5) is 0 Å². The van der Waals surface area contributed by atoms with E-state index in [1.807, 2.05) is 6.07 Å². The highest BCUT2D eigenvalue weighted by atomic mass is 35.5. The first-order valence-electron chi connectivity index (χ1n) is 5.60. The fourth-order valence-electron chi connectivity index (χ4n) is 2.07. The van der Waals surface area contributed by atoms with Crippen LogP contribution in [-0.4, -0.2) is 28.3 Å². The number of aromatic amines is 1. The average molecular weight is 271 g/mol. The van der Waals surface area contributed by atoms with E-state index in [-0.39, 0.29) is 12.4 Å². The van der Waals surface area contributed by atoms with Crippen molar-refractivity contribution in [1.29, 1.82) is 0 Å². The summed E-state index contributed by atoms with van der Waals surface area (Å²) in [4.78, 5) is 5.73. The maximum atomic E-state index is 4.59. The molecule has 0 spiro atoms. The van der Waals surface area contributed by atoms with Gasteiger partial charge in [-0.15, -0.1) is 23.7 Å². The first-order valence-corrected chi connectivity index (χ1v) is 6.48. The molecule has 2 N–H and O–H groups in total. The van der Waals surface area contributed by atoms with Crippen molar-refractivity contribution in [2.24, 2.45) is 0 Å². The third-order valence-electron chi connectivity index (χ3n) is 2.97. The molecule has 0 aliphatic carbocycles. The molecule has 92 valence electrons. The van der Waals surface area contributed by atoms with Crippen molar-refractivity contribution in [2.75, 3.05) is 13.1 Å². The highest BCUT2D eigenvalue weighted by molar-refractivity contribution is 7.13. The van der Waals surface area contributed by atoms with Crippen LogP contribution >= 0.6 is 23.7 Å². The Morgan fingerprint density at radius 3 is 2.82 bits per heavy atom. The fourth-order valence-corrected chi connectivity index (χ4v) is 2.73. The molecule has 0 aromatic carbocycles. The lowest BCUT2D eigenvalue weighted by molar-refractivity contribution is 0.446. The molecule has 0 saturated carbocycles. The number of hydrogen-bond acceptors (Lipinski definition) is 4. The Morgan fingerprint density at radius 1 is 1.29 bits per heavy atom. The van der Waals surface area contributed by atoms with Crippen LogP contribution in [0, 0.1) is 0 Å². The predicted octanol–water partition coefficient (Wildman–Crippen LogP) is 2.42. The SMILES string of the molecule is Cl.c1csc(-c2n[nH]c(C3CCNCC3)n2)c1.